The number of nitrogens with one attached hydrogen (secondary N) is 2. The molecular weight excluding hydrogens is 272 g/mol. The lowest BCUT2D eigenvalue weighted by Crippen LogP contribution is -2.27. The normalized spacial score (nSPS) is 10.2. The zero-order valence-electron chi connectivity index (χ0n) is 11.8. The number of benzene rings is 1. The van der Waals surface area contributed by atoms with Crippen molar-refractivity contribution in [3.8, 4) is 5.75 Å². The third-order valence-corrected chi connectivity index (χ3v) is 3.07. The van der Waals surface area contributed by atoms with Crippen LogP contribution in [0, 0.1) is 13.8 Å². The van der Waals surface area contributed by atoms with Gasteiger partial charge in [-0.1, -0.05) is 6.07 Å². The molecule has 0 spiro atoms. The quantitative estimate of drug-likeness (QED) is 0.845. The molecule has 1 aromatic heterocycles. The topological polar surface area (TPSA) is 46.4 Å². The molecule has 106 valence electrons. The second-order valence-corrected chi connectivity index (χ2v) is 4.93. The Labute approximate surface area is 124 Å². The first-order valence-electron chi connectivity index (χ1n) is 6.33. The first kappa shape index (κ1) is 14.4. The maximum atomic E-state index is 5.47. The summed E-state index contributed by atoms with van der Waals surface area (Å²) in [5.41, 5.74) is 1.98. The van der Waals surface area contributed by atoms with E-state index in [-0.39, 0.29) is 0 Å². The van der Waals surface area contributed by atoms with Gasteiger partial charge in [-0.05, 0) is 55.9 Å². The second kappa shape index (κ2) is 6.43. The van der Waals surface area contributed by atoms with Gasteiger partial charge in [-0.3, -0.25) is 0 Å². The van der Waals surface area contributed by atoms with Crippen LogP contribution < -0.4 is 15.4 Å². The van der Waals surface area contributed by atoms with E-state index in [9.17, 15) is 0 Å². The highest BCUT2D eigenvalue weighted by Crippen LogP contribution is 2.25. The van der Waals surface area contributed by atoms with Gasteiger partial charge < -0.3 is 19.8 Å². The summed E-state index contributed by atoms with van der Waals surface area (Å²) in [6.45, 7) is 4.48. The van der Waals surface area contributed by atoms with E-state index < -0.39 is 0 Å². The van der Waals surface area contributed by atoms with E-state index in [1.807, 2.05) is 44.2 Å². The van der Waals surface area contributed by atoms with Gasteiger partial charge in [0, 0.05) is 0 Å². The highest BCUT2D eigenvalue weighted by atomic mass is 32.1. The molecule has 0 unspecified atom stereocenters. The smallest absolute Gasteiger partial charge is 0.171 e. The molecule has 5 heteroatoms. The fourth-order valence-electron chi connectivity index (χ4n) is 1.83. The van der Waals surface area contributed by atoms with Crippen molar-refractivity contribution in [1.82, 2.24) is 5.32 Å². The molecule has 0 amide bonds. The molecule has 0 radical (unpaired) electrons. The molecule has 0 aliphatic carbocycles. The zero-order valence-corrected chi connectivity index (χ0v) is 12.6. The van der Waals surface area contributed by atoms with Crippen LogP contribution >= 0.6 is 12.2 Å². The number of hydrogen-bond acceptors (Lipinski definition) is 3. The first-order chi connectivity index (χ1) is 9.58. The van der Waals surface area contributed by atoms with Gasteiger partial charge in [0.25, 0.3) is 0 Å². The predicted molar refractivity (Wildman–Crippen MR) is 84.2 cm³/mol. The highest BCUT2D eigenvalue weighted by molar-refractivity contribution is 7.80. The summed E-state index contributed by atoms with van der Waals surface area (Å²) in [5, 5.41) is 6.77. The molecule has 0 aliphatic heterocycles. The van der Waals surface area contributed by atoms with Gasteiger partial charge in [-0.25, -0.2) is 0 Å². The molecule has 1 aromatic carbocycles. The van der Waals surface area contributed by atoms with Crippen LogP contribution in [0.2, 0.25) is 0 Å². The average Bonchev–Trinajstić information content (AvgIpc) is 2.83. The summed E-state index contributed by atoms with van der Waals surface area (Å²) in [6, 6.07) is 9.75. The van der Waals surface area contributed by atoms with Gasteiger partial charge >= 0.3 is 0 Å². The molecule has 2 rings (SSSR count). The SMILES string of the molecule is COc1ccc(C)cc1NC(=S)NCc1ccc(C)o1. The van der Waals surface area contributed by atoms with E-state index in [0.29, 0.717) is 11.7 Å². The molecule has 0 saturated heterocycles. The summed E-state index contributed by atoms with van der Waals surface area (Å²) in [4.78, 5) is 0. The summed E-state index contributed by atoms with van der Waals surface area (Å²) in [7, 11) is 1.64. The van der Waals surface area contributed by atoms with Crippen LogP contribution in [-0.4, -0.2) is 12.2 Å². The Kier molecular flexibility index (Phi) is 4.63. The van der Waals surface area contributed by atoms with Crippen molar-refractivity contribution in [2.24, 2.45) is 0 Å². The summed E-state index contributed by atoms with van der Waals surface area (Å²) in [6.07, 6.45) is 0. The maximum Gasteiger partial charge on any atom is 0.171 e. The molecule has 0 saturated carbocycles. The third kappa shape index (κ3) is 3.74. The molecule has 2 N–H and O–H groups in total. The largest absolute Gasteiger partial charge is 0.495 e. The number of hydrogen-bond donors (Lipinski definition) is 2. The molecule has 1 heterocycles. The minimum Gasteiger partial charge on any atom is -0.495 e. The molecule has 2 aromatic rings. The molecular formula is C15H18N2O2S. The first-order valence-corrected chi connectivity index (χ1v) is 6.74. The molecule has 0 fully saturated rings. The summed E-state index contributed by atoms with van der Waals surface area (Å²) >= 11 is 5.27. The maximum absolute atomic E-state index is 5.47. The van der Waals surface area contributed by atoms with Crippen LogP contribution in [0.1, 0.15) is 17.1 Å². The van der Waals surface area contributed by atoms with Crippen LogP contribution in [0.25, 0.3) is 0 Å². The van der Waals surface area contributed by atoms with Gasteiger partial charge in [-0.2, -0.15) is 0 Å². The Morgan fingerprint density at radius 2 is 2.05 bits per heavy atom. The standard InChI is InChI=1S/C15H18N2O2S/c1-10-4-7-14(18-3)13(8-10)17-15(20)16-9-12-6-5-11(2)19-12/h4-8H,9H2,1-3H3,(H2,16,17,20). The van der Waals surface area contributed by atoms with Crippen LogP contribution in [0.15, 0.2) is 34.7 Å². The lowest BCUT2D eigenvalue weighted by atomic mass is 10.2. The van der Waals surface area contributed by atoms with E-state index in [0.717, 1.165) is 28.5 Å². The second-order valence-electron chi connectivity index (χ2n) is 4.52. The Morgan fingerprint density at radius 1 is 1.25 bits per heavy atom. The number of furan rings is 1. The lowest BCUT2D eigenvalue weighted by Gasteiger charge is -2.13. The minimum absolute atomic E-state index is 0.531. The lowest BCUT2D eigenvalue weighted by molar-refractivity contribution is 0.417. The van der Waals surface area contributed by atoms with Gasteiger partial charge in [0.1, 0.15) is 17.3 Å². The van der Waals surface area contributed by atoms with Gasteiger partial charge in [0.15, 0.2) is 5.11 Å². The monoisotopic (exact) mass is 290 g/mol. The Balaban J connectivity index is 1.96. The van der Waals surface area contributed by atoms with Crippen molar-refractivity contribution < 1.29 is 9.15 Å². The number of aryl methyl sites for hydroxylation is 2. The zero-order chi connectivity index (χ0) is 14.5. The number of thiocarbonyl (C=S) groups is 1. The van der Waals surface area contributed by atoms with Crippen molar-refractivity contribution in [2.45, 2.75) is 20.4 Å². The fraction of sp³-hybridized carbons (Fsp3) is 0.267. The number of anilines is 1. The van der Waals surface area contributed by atoms with Crippen LogP contribution in [0.5, 0.6) is 5.75 Å². The van der Waals surface area contributed by atoms with E-state index in [2.05, 4.69) is 10.6 Å². The fourth-order valence-corrected chi connectivity index (χ4v) is 2.02. The van der Waals surface area contributed by atoms with Crippen molar-refractivity contribution in [2.75, 3.05) is 12.4 Å². The van der Waals surface area contributed by atoms with E-state index >= 15 is 0 Å². The minimum atomic E-state index is 0.531. The third-order valence-electron chi connectivity index (χ3n) is 2.82. The molecule has 0 aliphatic rings. The van der Waals surface area contributed by atoms with E-state index in [1.54, 1.807) is 7.11 Å². The molecule has 20 heavy (non-hydrogen) atoms. The van der Waals surface area contributed by atoms with Crippen molar-refractivity contribution in [1.29, 1.82) is 0 Å². The van der Waals surface area contributed by atoms with Gasteiger partial charge in [0.2, 0.25) is 0 Å². The molecule has 0 atom stereocenters. The number of methoxy groups -OCH3 is 1. The van der Waals surface area contributed by atoms with Crippen molar-refractivity contribution in [3.63, 3.8) is 0 Å². The number of ether oxygens (including phenoxy) is 1. The van der Waals surface area contributed by atoms with Crippen LogP contribution in [0.3, 0.4) is 0 Å². The van der Waals surface area contributed by atoms with E-state index in [4.69, 9.17) is 21.4 Å². The Bertz CT molecular complexity index is 608. The van der Waals surface area contributed by atoms with Crippen LogP contribution in [-0.2, 0) is 6.54 Å². The van der Waals surface area contributed by atoms with Gasteiger partial charge in [-0.15, -0.1) is 0 Å². The average molecular weight is 290 g/mol. The van der Waals surface area contributed by atoms with E-state index in [1.165, 1.54) is 0 Å². The summed E-state index contributed by atoms with van der Waals surface area (Å²) < 4.78 is 10.8. The van der Waals surface area contributed by atoms with Crippen molar-refractivity contribution >= 4 is 23.0 Å². The molecule has 4 nitrogen and oxygen atoms in total. The van der Waals surface area contributed by atoms with Crippen molar-refractivity contribution in [3.05, 3.63) is 47.4 Å². The Morgan fingerprint density at radius 3 is 2.70 bits per heavy atom. The molecule has 0 bridgehead atoms. The van der Waals surface area contributed by atoms with Gasteiger partial charge in [0.05, 0.1) is 19.3 Å². The predicted octanol–water partition coefficient (Wildman–Crippen LogP) is 3.39. The summed E-state index contributed by atoms with van der Waals surface area (Å²) in [5.74, 6) is 2.50. The highest BCUT2D eigenvalue weighted by Gasteiger charge is 2.06. The Hall–Kier alpha value is -2.01. The van der Waals surface area contributed by atoms with Crippen LogP contribution in [0.4, 0.5) is 5.69 Å². The number of rotatable bonds is 4.